The Bertz CT molecular complexity index is 1700. The van der Waals surface area contributed by atoms with Crippen LogP contribution in [-0.4, -0.2) is 21.7 Å². The number of carbonyl (C=O) groups is 1. The number of benzene rings is 3. The van der Waals surface area contributed by atoms with Gasteiger partial charge in [-0.3, -0.25) is 9.59 Å². The lowest BCUT2D eigenvalue weighted by Crippen LogP contribution is -2.43. The van der Waals surface area contributed by atoms with Gasteiger partial charge in [0, 0.05) is 23.2 Å². The van der Waals surface area contributed by atoms with Gasteiger partial charge in [-0.15, -0.1) is 0 Å². The van der Waals surface area contributed by atoms with Crippen LogP contribution in [0, 0.1) is 6.92 Å². The third kappa shape index (κ3) is 4.79. The first kappa shape index (κ1) is 25.2. The van der Waals surface area contributed by atoms with Gasteiger partial charge in [0.25, 0.3) is 5.56 Å². The van der Waals surface area contributed by atoms with Crippen molar-refractivity contribution >= 4 is 45.0 Å². The first-order valence-electron chi connectivity index (χ1n) is 13.3. The molecule has 7 nitrogen and oxygen atoms in total. The number of aryl methyl sites for hydroxylation is 1. The van der Waals surface area contributed by atoms with Crippen molar-refractivity contribution in [1.82, 2.24) is 15.0 Å². The highest BCUT2D eigenvalue weighted by molar-refractivity contribution is 6.37. The molecule has 2 N–H and O–H groups in total. The number of amides is 1. The van der Waals surface area contributed by atoms with E-state index in [0.29, 0.717) is 33.5 Å². The average molecular weight is 541 g/mol. The first-order chi connectivity index (χ1) is 19.0. The number of aromatic nitrogens is 2. The summed E-state index contributed by atoms with van der Waals surface area (Å²) < 4.78 is 7.24. The molecule has 3 aromatic carbocycles. The molecule has 6 rings (SSSR count). The fourth-order valence-electron chi connectivity index (χ4n) is 5.80. The summed E-state index contributed by atoms with van der Waals surface area (Å²) in [5, 5.41) is 12.5. The second-order valence-corrected chi connectivity index (χ2v) is 10.6. The maximum Gasteiger partial charge on any atom is 0.264 e. The average Bonchev–Trinajstić information content (AvgIpc) is 3.34. The second-order valence-electron chi connectivity index (χ2n) is 10.2. The van der Waals surface area contributed by atoms with Gasteiger partial charge in [0.05, 0.1) is 10.5 Å². The number of nitrogens with zero attached hydrogens (tertiary/aromatic N) is 2. The molecule has 0 aliphatic heterocycles. The minimum Gasteiger partial charge on any atom is -0.370 e. The third-order valence-corrected chi connectivity index (χ3v) is 7.94. The molecule has 2 heterocycles. The molecule has 5 aromatic rings. The summed E-state index contributed by atoms with van der Waals surface area (Å²) in [6, 6.07) is 24.3. The van der Waals surface area contributed by atoms with Crippen LogP contribution in [0.2, 0.25) is 5.02 Å². The summed E-state index contributed by atoms with van der Waals surface area (Å²) in [6.07, 6.45) is 3.19. The number of rotatable bonds is 6. The number of para-hydroxylation sites is 1. The van der Waals surface area contributed by atoms with Crippen molar-refractivity contribution in [3.05, 3.63) is 106 Å². The number of halogens is 1. The Morgan fingerprint density at radius 3 is 2.51 bits per heavy atom. The molecule has 1 aliphatic carbocycles. The van der Waals surface area contributed by atoms with Gasteiger partial charge in [-0.2, -0.15) is 0 Å². The molecule has 1 amide bonds. The van der Waals surface area contributed by atoms with E-state index in [1.54, 1.807) is 13.0 Å². The zero-order valence-corrected chi connectivity index (χ0v) is 22.3. The molecule has 1 aliphatic rings. The standard InChI is InChI=1S/C31H29ClN4O3/c1-19-26-29(35-39-19)27-24(32)16-9-17-25(27)36(31(26)38)23-15-8-14-22(18-23)34-30(37)28(20-10-4-2-5-11-20)33-21-12-6-3-7-13-21/h2-7,9-13,16-17,22-23,28,33H,8,14-15,18H2,1H3,(H,34,37). The van der Waals surface area contributed by atoms with Gasteiger partial charge in [-0.25, -0.2) is 0 Å². The monoisotopic (exact) mass is 540 g/mol. The van der Waals surface area contributed by atoms with Gasteiger partial charge < -0.3 is 19.7 Å². The zero-order valence-electron chi connectivity index (χ0n) is 21.6. The molecule has 39 heavy (non-hydrogen) atoms. The highest BCUT2D eigenvalue weighted by atomic mass is 35.5. The van der Waals surface area contributed by atoms with E-state index >= 15 is 0 Å². The molecule has 0 saturated heterocycles. The Morgan fingerprint density at radius 2 is 1.74 bits per heavy atom. The Labute approximate surface area is 230 Å². The van der Waals surface area contributed by atoms with E-state index in [-0.39, 0.29) is 23.6 Å². The molecule has 2 aromatic heterocycles. The van der Waals surface area contributed by atoms with Crippen molar-refractivity contribution in [3.8, 4) is 0 Å². The quantitative estimate of drug-likeness (QED) is 0.255. The van der Waals surface area contributed by atoms with Crippen LogP contribution in [0.15, 0.2) is 88.2 Å². The molecule has 8 heteroatoms. The van der Waals surface area contributed by atoms with Crippen molar-refractivity contribution in [1.29, 1.82) is 0 Å². The first-order valence-corrected chi connectivity index (χ1v) is 13.6. The molecule has 198 valence electrons. The van der Waals surface area contributed by atoms with E-state index in [1.807, 2.05) is 77.4 Å². The number of pyridine rings is 1. The van der Waals surface area contributed by atoms with Crippen LogP contribution in [0.5, 0.6) is 0 Å². The van der Waals surface area contributed by atoms with Crippen molar-refractivity contribution in [2.75, 3.05) is 5.32 Å². The minimum absolute atomic E-state index is 0.0829. The van der Waals surface area contributed by atoms with Crippen molar-refractivity contribution in [2.45, 2.75) is 50.7 Å². The van der Waals surface area contributed by atoms with E-state index in [9.17, 15) is 9.59 Å². The highest BCUT2D eigenvalue weighted by Gasteiger charge is 2.30. The topological polar surface area (TPSA) is 89.2 Å². The van der Waals surface area contributed by atoms with Gasteiger partial charge >= 0.3 is 0 Å². The molecular formula is C31H29ClN4O3. The van der Waals surface area contributed by atoms with Gasteiger partial charge in [0.1, 0.15) is 22.7 Å². The lowest BCUT2D eigenvalue weighted by atomic mass is 9.89. The Kier molecular flexibility index (Phi) is 6.83. The smallest absolute Gasteiger partial charge is 0.264 e. The van der Waals surface area contributed by atoms with E-state index in [0.717, 1.165) is 36.0 Å². The van der Waals surface area contributed by atoms with E-state index in [2.05, 4.69) is 15.8 Å². The van der Waals surface area contributed by atoms with E-state index < -0.39 is 6.04 Å². The SMILES string of the molecule is Cc1onc2c1c(=O)n(C1CCCC(NC(=O)C(Nc3ccccc3)c3ccccc3)C1)c1cccc(Cl)c21. The number of carbonyl (C=O) groups excluding carboxylic acids is 1. The number of anilines is 1. The molecule has 1 fully saturated rings. The molecule has 3 unspecified atom stereocenters. The molecule has 1 saturated carbocycles. The van der Waals surface area contributed by atoms with Crippen LogP contribution in [0.3, 0.4) is 0 Å². The molecular weight excluding hydrogens is 512 g/mol. The Hall–Kier alpha value is -4.10. The van der Waals surface area contributed by atoms with Gasteiger partial charge in [-0.1, -0.05) is 71.4 Å². The van der Waals surface area contributed by atoms with Crippen molar-refractivity contribution < 1.29 is 9.32 Å². The number of fused-ring (bicyclic) bond motifs is 3. The Morgan fingerprint density at radius 1 is 1.00 bits per heavy atom. The third-order valence-electron chi connectivity index (χ3n) is 7.62. The van der Waals surface area contributed by atoms with Crippen LogP contribution >= 0.6 is 11.6 Å². The van der Waals surface area contributed by atoms with E-state index in [1.165, 1.54) is 0 Å². The van der Waals surface area contributed by atoms with E-state index in [4.69, 9.17) is 16.1 Å². The maximum atomic E-state index is 13.8. The van der Waals surface area contributed by atoms with Gasteiger partial charge in [0.2, 0.25) is 5.91 Å². The van der Waals surface area contributed by atoms with Crippen LogP contribution in [0.25, 0.3) is 21.8 Å². The summed E-state index contributed by atoms with van der Waals surface area (Å²) in [5.74, 6) is 0.380. The van der Waals surface area contributed by atoms with Crippen LogP contribution in [0.4, 0.5) is 5.69 Å². The zero-order chi connectivity index (χ0) is 26.9. The summed E-state index contributed by atoms with van der Waals surface area (Å²) in [7, 11) is 0. The summed E-state index contributed by atoms with van der Waals surface area (Å²) in [5.41, 5.74) is 2.85. The van der Waals surface area contributed by atoms with Crippen molar-refractivity contribution in [2.24, 2.45) is 0 Å². The van der Waals surface area contributed by atoms with Gasteiger partial charge in [-0.05, 0) is 62.4 Å². The molecule has 0 bridgehead atoms. The molecule has 0 radical (unpaired) electrons. The predicted octanol–water partition coefficient (Wildman–Crippen LogP) is 6.56. The maximum absolute atomic E-state index is 13.8. The fraction of sp³-hybridized carbons (Fsp3) is 0.258. The lowest BCUT2D eigenvalue weighted by molar-refractivity contribution is -0.123. The Balaban J connectivity index is 1.31. The number of hydrogen-bond acceptors (Lipinski definition) is 5. The van der Waals surface area contributed by atoms with Crippen LogP contribution in [0.1, 0.15) is 49.1 Å². The number of hydrogen-bond donors (Lipinski definition) is 2. The summed E-state index contributed by atoms with van der Waals surface area (Å²) in [6.45, 7) is 1.75. The van der Waals surface area contributed by atoms with Crippen LogP contribution in [-0.2, 0) is 4.79 Å². The molecule has 3 atom stereocenters. The molecule has 0 spiro atoms. The second kappa shape index (κ2) is 10.6. The fourth-order valence-corrected chi connectivity index (χ4v) is 6.05. The predicted molar refractivity (Wildman–Crippen MR) is 154 cm³/mol. The van der Waals surface area contributed by atoms with Crippen LogP contribution < -0.4 is 16.2 Å². The normalized spacial score (nSPS) is 18.2. The number of nitrogens with one attached hydrogen (secondary N) is 2. The highest BCUT2D eigenvalue weighted by Crippen LogP contribution is 2.35. The summed E-state index contributed by atoms with van der Waals surface area (Å²) >= 11 is 6.60. The lowest BCUT2D eigenvalue weighted by Gasteiger charge is -2.33. The largest absolute Gasteiger partial charge is 0.370 e. The van der Waals surface area contributed by atoms with Crippen molar-refractivity contribution in [3.63, 3.8) is 0 Å². The minimum atomic E-state index is -0.549. The summed E-state index contributed by atoms with van der Waals surface area (Å²) in [4.78, 5) is 27.5. The van der Waals surface area contributed by atoms with Gasteiger partial charge in [0.15, 0.2) is 0 Å².